The number of rotatable bonds is 8. The molecule has 4 aliphatic rings. The summed E-state index contributed by atoms with van der Waals surface area (Å²) in [6.07, 6.45) is 2.77. The van der Waals surface area contributed by atoms with Crippen LogP contribution in [0.5, 0.6) is 5.75 Å². The van der Waals surface area contributed by atoms with Gasteiger partial charge in [-0.15, -0.1) is 0 Å². The van der Waals surface area contributed by atoms with Crippen LogP contribution >= 0.6 is 11.6 Å². The molecule has 7 rings (SSSR count). The molecule has 4 aliphatic heterocycles. The zero-order chi connectivity index (χ0) is 38.9. The maximum absolute atomic E-state index is 15.8. The maximum Gasteiger partial charge on any atom is 0.341 e. The van der Waals surface area contributed by atoms with Crippen molar-refractivity contribution in [1.29, 1.82) is 0 Å². The summed E-state index contributed by atoms with van der Waals surface area (Å²) in [6.45, 7) is 4.38. The molecule has 274 valence electrons. The molecule has 51 heavy (non-hydrogen) atoms. The van der Waals surface area contributed by atoms with Crippen molar-refractivity contribution in [3.63, 3.8) is 0 Å². The van der Waals surface area contributed by atoms with Crippen LogP contribution < -0.4 is 20.0 Å². The standard InChI is InChI=1S/C35H41ClFN5O8S/c1-19-29(40-12-11-39(2)22(16-40)18-48-3)15-27(36)31-23-9-10-41(17-26(23)35(45)50-32(19)31)34(44)24-14-30(49-4)25(13-28(24)37)33(43)38-51(46,47)42-20-5-6-21(42)8-7-20/h13-15,20-22H,5-12,16-18H2,1-4H3,(H,38,43)/t20?,21?,22-/m1/s1/i4D3. The average Bonchev–Trinajstić information content (AvgIpc) is 3.73. The van der Waals surface area contributed by atoms with Crippen LogP contribution in [-0.4, -0.2) is 106 Å². The molecule has 3 fully saturated rings. The second-order valence-electron chi connectivity index (χ2n) is 13.7. The van der Waals surface area contributed by atoms with Crippen molar-refractivity contribution < 1.29 is 40.4 Å². The number of anilines is 1. The number of hydrogen-bond donors (Lipinski definition) is 1. The predicted molar refractivity (Wildman–Crippen MR) is 188 cm³/mol. The molecule has 3 aromatic rings. The summed E-state index contributed by atoms with van der Waals surface area (Å²) in [5.41, 5.74) is 0.629. The largest absolute Gasteiger partial charge is 0.496 e. The summed E-state index contributed by atoms with van der Waals surface area (Å²) in [5.74, 6) is -4.17. The van der Waals surface area contributed by atoms with Gasteiger partial charge in [-0.1, -0.05) is 11.6 Å². The van der Waals surface area contributed by atoms with E-state index < -0.39 is 57.4 Å². The van der Waals surface area contributed by atoms with Crippen molar-refractivity contribution in [2.75, 3.05) is 58.9 Å². The molecule has 0 radical (unpaired) electrons. The molecule has 3 saturated heterocycles. The van der Waals surface area contributed by atoms with Crippen molar-refractivity contribution in [3.05, 3.63) is 67.3 Å². The third-order valence-corrected chi connectivity index (χ3v) is 12.7. The second-order valence-corrected chi connectivity index (χ2v) is 15.7. The Kier molecular flexibility index (Phi) is 8.55. The molecular formula is C35H41ClFN5O8S. The Hall–Kier alpha value is -3.76. The van der Waals surface area contributed by atoms with E-state index in [9.17, 15) is 22.8 Å². The Bertz CT molecular complexity index is 2190. The number of likely N-dealkylation sites (N-methyl/N-ethyl adjacent to an activating group) is 1. The summed E-state index contributed by atoms with van der Waals surface area (Å²) in [5, 5.41) is 0.923. The minimum atomic E-state index is -4.35. The Balaban J connectivity index is 1.17. The molecule has 2 bridgehead atoms. The van der Waals surface area contributed by atoms with Crippen LogP contribution in [0.4, 0.5) is 10.1 Å². The Morgan fingerprint density at radius 1 is 1.10 bits per heavy atom. The zero-order valence-electron chi connectivity index (χ0n) is 31.5. The van der Waals surface area contributed by atoms with Gasteiger partial charge in [0.05, 0.1) is 52.1 Å². The highest BCUT2D eigenvalue weighted by Crippen LogP contribution is 2.40. The van der Waals surface area contributed by atoms with E-state index in [2.05, 4.69) is 9.80 Å². The SMILES string of the molecule is [2H]C([2H])([2H])Oc1cc(C(=O)N2CCc3c(c(=O)oc4c(C)c(N5CCN(C)[C@@H](COC)C5)cc(Cl)c34)C2)c(F)cc1C(=O)NS(=O)(=O)N1C2CCC1CC2. The number of carbonyl (C=O) groups excluding carboxylic acids is 2. The van der Waals surface area contributed by atoms with Crippen LogP contribution in [0.2, 0.25) is 5.02 Å². The highest BCUT2D eigenvalue weighted by molar-refractivity contribution is 7.87. The van der Waals surface area contributed by atoms with Gasteiger partial charge < -0.3 is 23.7 Å². The molecule has 13 nitrogen and oxygen atoms in total. The Labute approximate surface area is 304 Å². The van der Waals surface area contributed by atoms with Crippen molar-refractivity contribution in [3.8, 4) is 5.75 Å². The monoisotopic (exact) mass is 748 g/mol. The van der Waals surface area contributed by atoms with E-state index in [1.165, 1.54) is 9.21 Å². The number of hydrogen-bond acceptors (Lipinski definition) is 10. The predicted octanol–water partition coefficient (Wildman–Crippen LogP) is 3.47. The van der Waals surface area contributed by atoms with Gasteiger partial charge in [0, 0.05) is 62.0 Å². The van der Waals surface area contributed by atoms with Crippen LogP contribution in [0.1, 0.15) is 67.2 Å². The Morgan fingerprint density at radius 3 is 2.51 bits per heavy atom. The number of nitrogens with zero attached hydrogens (tertiary/aromatic N) is 4. The zero-order valence-corrected chi connectivity index (χ0v) is 30.0. The van der Waals surface area contributed by atoms with Crippen LogP contribution in [0.3, 0.4) is 0 Å². The number of piperazine rings is 1. The number of amides is 2. The van der Waals surface area contributed by atoms with E-state index in [-0.39, 0.29) is 43.2 Å². The van der Waals surface area contributed by atoms with Gasteiger partial charge in [0.25, 0.3) is 11.8 Å². The van der Waals surface area contributed by atoms with Gasteiger partial charge in [-0.3, -0.25) is 14.5 Å². The average molecular weight is 749 g/mol. The van der Waals surface area contributed by atoms with E-state index in [0.29, 0.717) is 66.5 Å². The fourth-order valence-electron chi connectivity index (χ4n) is 8.17. The molecule has 1 aromatic heterocycles. The highest BCUT2D eigenvalue weighted by Gasteiger charge is 2.47. The number of benzene rings is 2. The topological polar surface area (TPSA) is 142 Å². The minimum Gasteiger partial charge on any atom is -0.496 e. The van der Waals surface area contributed by atoms with E-state index >= 15 is 4.39 Å². The lowest BCUT2D eigenvalue weighted by molar-refractivity contribution is 0.0727. The fourth-order valence-corrected chi connectivity index (χ4v) is 10.1. The first-order chi connectivity index (χ1) is 25.5. The van der Waals surface area contributed by atoms with Gasteiger partial charge in [0.1, 0.15) is 17.1 Å². The molecule has 0 saturated carbocycles. The minimum absolute atomic E-state index is 0.0340. The molecule has 1 atom stereocenters. The quantitative estimate of drug-likeness (QED) is 0.341. The molecule has 0 aliphatic carbocycles. The van der Waals surface area contributed by atoms with Gasteiger partial charge in [-0.25, -0.2) is 13.9 Å². The number of ether oxygens (including phenoxy) is 2. The molecule has 0 unspecified atom stereocenters. The highest BCUT2D eigenvalue weighted by atomic mass is 35.5. The number of methoxy groups -OCH3 is 2. The van der Waals surface area contributed by atoms with Crippen LogP contribution in [0.25, 0.3) is 11.0 Å². The van der Waals surface area contributed by atoms with E-state index in [0.717, 1.165) is 30.4 Å². The third kappa shape index (κ3) is 6.26. The third-order valence-electron chi connectivity index (χ3n) is 10.8. The summed E-state index contributed by atoms with van der Waals surface area (Å²) in [7, 11) is -3.79. The first-order valence-electron chi connectivity index (χ1n) is 18.4. The van der Waals surface area contributed by atoms with E-state index in [4.69, 9.17) is 29.6 Å². The molecule has 2 amide bonds. The van der Waals surface area contributed by atoms with Gasteiger partial charge in [-0.2, -0.15) is 12.7 Å². The summed E-state index contributed by atoms with van der Waals surface area (Å²) in [6, 6.07) is 2.82. The maximum atomic E-state index is 15.8. The van der Waals surface area contributed by atoms with Gasteiger partial charge in [-0.05, 0) is 69.8 Å². The number of fused-ring (bicyclic) bond motifs is 5. The molecule has 5 heterocycles. The summed E-state index contributed by atoms with van der Waals surface area (Å²) in [4.78, 5) is 46.3. The molecule has 2 aromatic carbocycles. The lowest BCUT2D eigenvalue weighted by atomic mass is 9.94. The number of nitrogens with one attached hydrogen (secondary N) is 1. The fraction of sp³-hybridized carbons (Fsp3) is 0.514. The number of halogens is 2. The lowest BCUT2D eigenvalue weighted by Crippen LogP contribution is -2.53. The smallest absolute Gasteiger partial charge is 0.341 e. The molecule has 16 heteroatoms. The molecular weight excluding hydrogens is 705 g/mol. The van der Waals surface area contributed by atoms with E-state index in [1.54, 1.807) is 7.11 Å². The van der Waals surface area contributed by atoms with Crippen LogP contribution in [0.15, 0.2) is 27.4 Å². The van der Waals surface area contributed by atoms with Crippen molar-refractivity contribution in [2.24, 2.45) is 0 Å². The normalized spacial score (nSPS) is 23.5. The van der Waals surface area contributed by atoms with Crippen molar-refractivity contribution >= 4 is 50.3 Å². The van der Waals surface area contributed by atoms with Crippen molar-refractivity contribution in [1.82, 2.24) is 18.8 Å². The summed E-state index contributed by atoms with van der Waals surface area (Å²) < 4.78 is 84.4. The number of aryl methyl sites for hydroxylation is 1. The van der Waals surface area contributed by atoms with Crippen LogP contribution in [0, 0.1) is 12.7 Å². The van der Waals surface area contributed by atoms with E-state index in [1.807, 2.05) is 24.8 Å². The Morgan fingerprint density at radius 2 is 1.82 bits per heavy atom. The lowest BCUT2D eigenvalue weighted by Gasteiger charge is -2.41. The van der Waals surface area contributed by atoms with Crippen LogP contribution in [-0.2, 0) is 27.9 Å². The van der Waals surface area contributed by atoms with Gasteiger partial charge in [0.2, 0.25) is 0 Å². The van der Waals surface area contributed by atoms with Gasteiger partial charge in [0.15, 0.2) is 0 Å². The molecule has 0 spiro atoms. The van der Waals surface area contributed by atoms with Gasteiger partial charge >= 0.3 is 15.8 Å². The first kappa shape index (κ1) is 31.9. The first-order valence-corrected chi connectivity index (χ1v) is 18.7. The number of carbonyl (C=O) groups is 2. The summed E-state index contributed by atoms with van der Waals surface area (Å²) >= 11 is 6.90. The molecule has 1 N–H and O–H groups in total. The van der Waals surface area contributed by atoms with Crippen molar-refractivity contribution in [2.45, 2.75) is 63.7 Å². The second kappa shape index (κ2) is 13.7.